The normalized spacial score (nSPS) is 13.0. The fourth-order valence-electron chi connectivity index (χ4n) is 2.95. The topological polar surface area (TPSA) is 0 Å². The Kier molecular flexibility index (Phi) is 3.24. The second-order valence-corrected chi connectivity index (χ2v) is 7.66. The molecule has 0 bridgehead atoms. The molecule has 0 heteroatoms. The molecule has 0 unspecified atom stereocenters. The third-order valence-corrected chi connectivity index (χ3v) is 3.84. The molecule has 0 fully saturated rings. The van der Waals surface area contributed by atoms with Crippen molar-refractivity contribution in [2.75, 3.05) is 0 Å². The van der Waals surface area contributed by atoms with E-state index in [1.165, 1.54) is 27.5 Å². The minimum atomic E-state index is 0.163. The predicted octanol–water partition coefficient (Wildman–Crippen LogP) is 5.74. The Bertz CT molecular complexity index is 604. The van der Waals surface area contributed by atoms with E-state index in [1.807, 2.05) is 0 Å². The van der Waals surface area contributed by atoms with Crippen LogP contribution in [0.25, 0.3) is 10.8 Å². The Morgan fingerprint density at radius 1 is 0.684 bits per heavy atom. The quantitative estimate of drug-likeness (QED) is 0.562. The molecule has 0 nitrogen and oxygen atoms in total. The van der Waals surface area contributed by atoms with Crippen LogP contribution < -0.4 is 0 Å². The van der Waals surface area contributed by atoms with Gasteiger partial charge in [0.1, 0.15) is 0 Å². The lowest BCUT2D eigenvalue weighted by molar-refractivity contribution is 0.534. The van der Waals surface area contributed by atoms with Crippen LogP contribution in [-0.4, -0.2) is 0 Å². The highest BCUT2D eigenvalue weighted by molar-refractivity contribution is 5.90. The van der Waals surface area contributed by atoms with Gasteiger partial charge in [0.25, 0.3) is 0 Å². The molecular weight excluding hydrogens is 228 g/mol. The molecule has 102 valence electrons. The Labute approximate surface area is 117 Å². The molecule has 0 aliphatic carbocycles. The molecule has 0 aromatic heterocycles. The second kappa shape index (κ2) is 4.37. The highest BCUT2D eigenvalue weighted by atomic mass is 14.3. The summed E-state index contributed by atoms with van der Waals surface area (Å²) in [5.74, 6) is 0. The molecule has 19 heavy (non-hydrogen) atoms. The number of hydrogen-bond donors (Lipinski definition) is 0. The summed E-state index contributed by atoms with van der Waals surface area (Å²) in [5.41, 5.74) is 4.68. The maximum Gasteiger partial charge on any atom is -0.0123 e. The minimum Gasteiger partial charge on any atom is -0.0614 e. The lowest BCUT2D eigenvalue weighted by Crippen LogP contribution is -2.22. The molecule has 2 aromatic carbocycles. The summed E-state index contributed by atoms with van der Waals surface area (Å²) >= 11 is 0. The first-order valence-corrected chi connectivity index (χ1v) is 7.15. The van der Waals surface area contributed by atoms with E-state index < -0.39 is 0 Å². The number of fused-ring (bicyclic) bond motifs is 1. The second-order valence-electron chi connectivity index (χ2n) is 7.66. The zero-order valence-electron chi connectivity index (χ0n) is 13.4. The van der Waals surface area contributed by atoms with E-state index in [0.29, 0.717) is 0 Å². The van der Waals surface area contributed by atoms with Crippen LogP contribution >= 0.6 is 0 Å². The Hall–Kier alpha value is -1.30. The first-order valence-electron chi connectivity index (χ1n) is 7.15. The maximum atomic E-state index is 2.33. The lowest BCUT2D eigenvalue weighted by atomic mass is 9.73. The fraction of sp³-hybridized carbons (Fsp3) is 0.474. The average Bonchev–Trinajstić information content (AvgIpc) is 2.25. The van der Waals surface area contributed by atoms with E-state index in [0.717, 1.165) is 0 Å². The van der Waals surface area contributed by atoms with Crippen LogP contribution in [0.2, 0.25) is 0 Å². The first kappa shape index (κ1) is 14.1. The Balaban J connectivity index is 2.94. The summed E-state index contributed by atoms with van der Waals surface area (Å²) in [6.45, 7) is 16.1. The highest BCUT2D eigenvalue weighted by Gasteiger charge is 2.26. The maximum absolute atomic E-state index is 2.33. The van der Waals surface area contributed by atoms with E-state index >= 15 is 0 Å². The molecule has 0 aliphatic heterocycles. The van der Waals surface area contributed by atoms with Crippen LogP contribution in [0.4, 0.5) is 0 Å². The van der Waals surface area contributed by atoms with Crippen LogP contribution in [0.15, 0.2) is 30.3 Å². The van der Waals surface area contributed by atoms with E-state index in [4.69, 9.17) is 0 Å². The van der Waals surface area contributed by atoms with Crippen molar-refractivity contribution in [3.05, 3.63) is 47.0 Å². The van der Waals surface area contributed by atoms with Gasteiger partial charge in [-0.1, -0.05) is 71.9 Å². The van der Waals surface area contributed by atoms with Crippen molar-refractivity contribution in [3.8, 4) is 0 Å². The number of aryl methyl sites for hydroxylation is 1. The van der Waals surface area contributed by atoms with Crippen molar-refractivity contribution in [3.63, 3.8) is 0 Å². The molecule has 0 amide bonds. The van der Waals surface area contributed by atoms with Gasteiger partial charge in [-0.3, -0.25) is 0 Å². The molecule has 0 saturated carbocycles. The molecule has 0 N–H and O–H groups in total. The van der Waals surface area contributed by atoms with Crippen molar-refractivity contribution in [2.45, 2.75) is 59.3 Å². The smallest absolute Gasteiger partial charge is 0.0123 e. The van der Waals surface area contributed by atoms with Gasteiger partial charge in [-0.15, -0.1) is 0 Å². The minimum absolute atomic E-state index is 0.163. The average molecular weight is 254 g/mol. The number of hydrogen-bond acceptors (Lipinski definition) is 0. The number of rotatable bonds is 0. The van der Waals surface area contributed by atoms with Gasteiger partial charge < -0.3 is 0 Å². The standard InChI is InChI=1S/C19H26/c1-13-9-8-10-15-14(13)11-12-16(18(2,3)4)17(15)19(5,6)7/h8-12H,1-7H3. The summed E-state index contributed by atoms with van der Waals surface area (Å²) in [4.78, 5) is 0. The monoisotopic (exact) mass is 254 g/mol. The van der Waals surface area contributed by atoms with Crippen LogP contribution in [0.5, 0.6) is 0 Å². The van der Waals surface area contributed by atoms with Gasteiger partial charge in [-0.2, -0.15) is 0 Å². The van der Waals surface area contributed by atoms with E-state index in [1.54, 1.807) is 0 Å². The zero-order valence-corrected chi connectivity index (χ0v) is 13.4. The largest absolute Gasteiger partial charge is 0.0614 e. The zero-order chi connectivity index (χ0) is 14.4. The van der Waals surface area contributed by atoms with Crippen molar-refractivity contribution in [1.29, 1.82) is 0 Å². The third-order valence-electron chi connectivity index (χ3n) is 3.84. The van der Waals surface area contributed by atoms with Gasteiger partial charge in [0.2, 0.25) is 0 Å². The first-order chi connectivity index (χ1) is 8.62. The van der Waals surface area contributed by atoms with Gasteiger partial charge in [-0.25, -0.2) is 0 Å². The van der Waals surface area contributed by atoms with Crippen molar-refractivity contribution >= 4 is 10.8 Å². The van der Waals surface area contributed by atoms with Crippen LogP contribution in [0.1, 0.15) is 58.2 Å². The molecule has 0 saturated heterocycles. The van der Waals surface area contributed by atoms with E-state index in [2.05, 4.69) is 78.8 Å². The summed E-state index contributed by atoms with van der Waals surface area (Å²) in [7, 11) is 0. The van der Waals surface area contributed by atoms with Gasteiger partial charge >= 0.3 is 0 Å². The van der Waals surface area contributed by atoms with Gasteiger partial charge in [-0.05, 0) is 45.2 Å². The molecule has 2 aromatic rings. The molecular formula is C19H26. The van der Waals surface area contributed by atoms with Crippen molar-refractivity contribution < 1.29 is 0 Å². The van der Waals surface area contributed by atoms with Gasteiger partial charge in [0.05, 0.1) is 0 Å². The lowest BCUT2D eigenvalue weighted by Gasteiger charge is -2.31. The van der Waals surface area contributed by atoms with Crippen molar-refractivity contribution in [1.82, 2.24) is 0 Å². The summed E-state index contributed by atoms with van der Waals surface area (Å²) in [6.07, 6.45) is 0. The van der Waals surface area contributed by atoms with Gasteiger partial charge in [0, 0.05) is 0 Å². The Morgan fingerprint density at radius 2 is 1.32 bits per heavy atom. The highest BCUT2D eigenvalue weighted by Crippen LogP contribution is 2.39. The van der Waals surface area contributed by atoms with E-state index in [-0.39, 0.29) is 10.8 Å². The van der Waals surface area contributed by atoms with Crippen LogP contribution in [0.3, 0.4) is 0 Å². The van der Waals surface area contributed by atoms with Crippen LogP contribution in [0, 0.1) is 6.92 Å². The SMILES string of the molecule is Cc1cccc2c(C(C)(C)C)c(C(C)(C)C)ccc12. The summed E-state index contributed by atoms with van der Waals surface area (Å²) in [5, 5.41) is 2.81. The van der Waals surface area contributed by atoms with Crippen molar-refractivity contribution in [2.24, 2.45) is 0 Å². The van der Waals surface area contributed by atoms with Crippen LogP contribution in [-0.2, 0) is 10.8 Å². The molecule has 0 aliphatic rings. The Morgan fingerprint density at radius 3 is 1.84 bits per heavy atom. The third kappa shape index (κ3) is 2.54. The molecule has 0 heterocycles. The summed E-state index contributed by atoms with van der Waals surface area (Å²) < 4.78 is 0. The molecule has 0 spiro atoms. The molecule has 0 radical (unpaired) electrons. The van der Waals surface area contributed by atoms with E-state index in [9.17, 15) is 0 Å². The predicted molar refractivity (Wildman–Crippen MR) is 86.1 cm³/mol. The van der Waals surface area contributed by atoms with Gasteiger partial charge in [0.15, 0.2) is 0 Å². The molecule has 0 atom stereocenters. The summed E-state index contributed by atoms with van der Waals surface area (Å²) in [6, 6.07) is 11.3. The molecule has 2 rings (SSSR count). The number of benzene rings is 2. The fourth-order valence-corrected chi connectivity index (χ4v) is 2.95.